The van der Waals surface area contributed by atoms with E-state index in [1.54, 1.807) is 4.90 Å². The van der Waals surface area contributed by atoms with Crippen molar-refractivity contribution in [2.24, 2.45) is 0 Å². The first kappa shape index (κ1) is 17.4. The van der Waals surface area contributed by atoms with E-state index >= 15 is 0 Å². The van der Waals surface area contributed by atoms with Crippen molar-refractivity contribution < 1.29 is 9.90 Å². The molecule has 2 heterocycles. The minimum atomic E-state index is -0.139. The second kappa shape index (κ2) is 8.09. The van der Waals surface area contributed by atoms with Crippen molar-refractivity contribution in [2.45, 2.75) is 13.0 Å². The van der Waals surface area contributed by atoms with Crippen molar-refractivity contribution in [1.82, 2.24) is 20.0 Å². The van der Waals surface area contributed by atoms with Gasteiger partial charge in [0.15, 0.2) is 5.69 Å². The summed E-state index contributed by atoms with van der Waals surface area (Å²) < 4.78 is 0. The number of aliphatic hydroxyl groups excluding tert-OH is 1. The molecule has 0 bridgehead atoms. The van der Waals surface area contributed by atoms with Gasteiger partial charge in [-0.25, -0.2) is 0 Å². The van der Waals surface area contributed by atoms with Gasteiger partial charge in [0.1, 0.15) is 0 Å². The molecule has 0 aliphatic carbocycles. The summed E-state index contributed by atoms with van der Waals surface area (Å²) in [5.74, 6) is -0.139. The van der Waals surface area contributed by atoms with E-state index in [1.165, 1.54) is 0 Å². The number of benzene rings is 1. The molecule has 1 aliphatic rings. The summed E-state index contributed by atoms with van der Waals surface area (Å²) in [6.45, 7) is 2.33. The first-order valence-electron chi connectivity index (χ1n) is 8.55. The first-order valence-corrected chi connectivity index (χ1v) is 8.55. The van der Waals surface area contributed by atoms with Crippen LogP contribution in [0.4, 0.5) is 0 Å². The van der Waals surface area contributed by atoms with Gasteiger partial charge >= 0.3 is 0 Å². The van der Waals surface area contributed by atoms with Crippen LogP contribution in [0.5, 0.6) is 0 Å². The Morgan fingerprint density at radius 2 is 2.20 bits per heavy atom. The van der Waals surface area contributed by atoms with Crippen LogP contribution in [-0.2, 0) is 13.0 Å². The number of likely N-dealkylation sites (N-methyl/N-ethyl adjacent to an activating group) is 1. The van der Waals surface area contributed by atoms with Crippen LogP contribution in [0.3, 0.4) is 0 Å². The molecule has 2 N–H and O–H groups in total. The van der Waals surface area contributed by atoms with Crippen molar-refractivity contribution >= 4 is 12.0 Å². The van der Waals surface area contributed by atoms with Gasteiger partial charge < -0.3 is 14.9 Å². The number of carbonyl (C=O) groups is 1. The highest BCUT2D eigenvalue weighted by atomic mass is 16.3. The van der Waals surface area contributed by atoms with Crippen molar-refractivity contribution in [3.8, 4) is 0 Å². The van der Waals surface area contributed by atoms with E-state index in [9.17, 15) is 9.90 Å². The third-order valence-corrected chi connectivity index (χ3v) is 4.42. The summed E-state index contributed by atoms with van der Waals surface area (Å²) >= 11 is 0. The van der Waals surface area contributed by atoms with E-state index in [-0.39, 0.29) is 19.1 Å². The molecule has 6 nitrogen and oxygen atoms in total. The molecule has 1 aliphatic heterocycles. The molecule has 0 radical (unpaired) electrons. The van der Waals surface area contributed by atoms with Crippen molar-refractivity contribution in [3.63, 3.8) is 0 Å². The normalized spacial score (nSPS) is 14.6. The lowest BCUT2D eigenvalue weighted by Crippen LogP contribution is -2.35. The number of fused-ring (bicyclic) bond motifs is 1. The maximum Gasteiger partial charge on any atom is 0.275 e. The standard InChI is InChI=1S/C19H24N4O2/c1-22-11-9-17-16(14-22)18(21-20-17)19(25)23(12-13-24)10-5-8-15-6-3-2-4-7-15/h2-8,24H,9-14H2,1H3,(H,20,21). The minimum absolute atomic E-state index is 0.0720. The van der Waals surface area contributed by atoms with E-state index in [2.05, 4.69) is 15.1 Å². The highest BCUT2D eigenvalue weighted by Gasteiger charge is 2.26. The van der Waals surface area contributed by atoms with Crippen molar-refractivity contribution in [1.29, 1.82) is 0 Å². The quantitative estimate of drug-likeness (QED) is 0.837. The zero-order valence-electron chi connectivity index (χ0n) is 14.5. The fourth-order valence-electron chi connectivity index (χ4n) is 3.03. The summed E-state index contributed by atoms with van der Waals surface area (Å²) in [5.41, 5.74) is 3.58. The lowest BCUT2D eigenvalue weighted by Gasteiger charge is -2.24. The Labute approximate surface area is 147 Å². The molecule has 0 spiro atoms. The van der Waals surface area contributed by atoms with Gasteiger partial charge in [0, 0.05) is 43.9 Å². The summed E-state index contributed by atoms with van der Waals surface area (Å²) in [4.78, 5) is 16.7. The third-order valence-electron chi connectivity index (χ3n) is 4.42. The van der Waals surface area contributed by atoms with Gasteiger partial charge in [-0.15, -0.1) is 0 Å². The number of hydrogen-bond donors (Lipinski definition) is 2. The number of nitrogens with one attached hydrogen (secondary N) is 1. The predicted octanol–water partition coefficient (Wildman–Crippen LogP) is 1.55. The molecule has 1 aromatic carbocycles. The number of amides is 1. The van der Waals surface area contributed by atoms with E-state index in [0.717, 1.165) is 36.3 Å². The van der Waals surface area contributed by atoms with Gasteiger partial charge in [-0.2, -0.15) is 5.10 Å². The van der Waals surface area contributed by atoms with Crippen LogP contribution < -0.4 is 0 Å². The van der Waals surface area contributed by atoms with Crippen molar-refractivity contribution in [3.05, 3.63) is 58.9 Å². The molecule has 3 rings (SSSR count). The van der Waals surface area contributed by atoms with E-state index in [0.29, 0.717) is 12.2 Å². The monoisotopic (exact) mass is 340 g/mol. The second-order valence-electron chi connectivity index (χ2n) is 6.30. The lowest BCUT2D eigenvalue weighted by molar-refractivity contribution is 0.0735. The highest BCUT2D eigenvalue weighted by molar-refractivity contribution is 5.94. The number of rotatable bonds is 6. The Morgan fingerprint density at radius 3 is 2.96 bits per heavy atom. The number of aromatic amines is 1. The van der Waals surface area contributed by atoms with E-state index in [4.69, 9.17) is 0 Å². The molecule has 1 aromatic heterocycles. The van der Waals surface area contributed by atoms with Gasteiger partial charge in [0.2, 0.25) is 0 Å². The molecular weight excluding hydrogens is 316 g/mol. The number of carbonyl (C=O) groups excluding carboxylic acids is 1. The third kappa shape index (κ3) is 4.15. The lowest BCUT2D eigenvalue weighted by atomic mass is 10.1. The molecule has 0 atom stereocenters. The Balaban J connectivity index is 1.73. The average Bonchev–Trinajstić information content (AvgIpc) is 3.04. The zero-order chi connectivity index (χ0) is 17.6. The number of aromatic nitrogens is 2. The molecule has 25 heavy (non-hydrogen) atoms. The minimum Gasteiger partial charge on any atom is -0.395 e. The molecule has 0 unspecified atom stereocenters. The summed E-state index contributed by atoms with van der Waals surface area (Å²) in [7, 11) is 2.04. The molecule has 1 amide bonds. The Morgan fingerprint density at radius 1 is 1.40 bits per heavy atom. The van der Waals surface area contributed by atoms with Gasteiger partial charge in [0.25, 0.3) is 5.91 Å². The van der Waals surface area contributed by atoms with Crippen LogP contribution in [-0.4, -0.2) is 64.3 Å². The number of aliphatic hydroxyl groups is 1. The largest absolute Gasteiger partial charge is 0.395 e. The van der Waals surface area contributed by atoms with Crippen molar-refractivity contribution in [2.75, 3.05) is 33.3 Å². The fraction of sp³-hybridized carbons (Fsp3) is 0.368. The van der Waals surface area contributed by atoms with E-state index < -0.39 is 0 Å². The molecular formula is C19H24N4O2. The Hall–Kier alpha value is -2.44. The summed E-state index contributed by atoms with van der Waals surface area (Å²) in [5, 5.41) is 16.6. The van der Waals surface area contributed by atoms with E-state index in [1.807, 2.05) is 49.5 Å². The summed E-state index contributed by atoms with van der Waals surface area (Å²) in [6.07, 6.45) is 4.79. The maximum atomic E-state index is 12.9. The van der Waals surface area contributed by atoms with Gasteiger partial charge in [-0.05, 0) is 12.6 Å². The smallest absolute Gasteiger partial charge is 0.275 e. The van der Waals surface area contributed by atoms with Gasteiger partial charge in [0.05, 0.1) is 6.61 Å². The topological polar surface area (TPSA) is 72.5 Å². The SMILES string of the molecule is CN1CCc2[nH]nc(C(=O)N(CC=Cc3ccccc3)CCO)c2C1. The van der Waals surface area contributed by atoms with Crippen LogP contribution in [0.2, 0.25) is 0 Å². The number of H-pyrrole nitrogens is 1. The molecule has 0 fully saturated rings. The molecule has 0 saturated heterocycles. The van der Waals surface area contributed by atoms with Crippen LogP contribution in [0.15, 0.2) is 36.4 Å². The zero-order valence-corrected chi connectivity index (χ0v) is 14.5. The molecule has 132 valence electrons. The predicted molar refractivity (Wildman–Crippen MR) is 97.1 cm³/mol. The Bertz CT molecular complexity index is 739. The number of nitrogens with zero attached hydrogens (tertiary/aromatic N) is 3. The van der Waals surface area contributed by atoms with Crippen LogP contribution in [0.25, 0.3) is 6.08 Å². The number of hydrogen-bond acceptors (Lipinski definition) is 4. The van der Waals surface area contributed by atoms with Gasteiger partial charge in [-0.1, -0.05) is 42.5 Å². The summed E-state index contributed by atoms with van der Waals surface area (Å²) in [6, 6.07) is 9.94. The van der Waals surface area contributed by atoms with Crippen LogP contribution in [0.1, 0.15) is 27.3 Å². The van der Waals surface area contributed by atoms with Crippen LogP contribution >= 0.6 is 0 Å². The Kier molecular flexibility index (Phi) is 5.63. The first-order chi connectivity index (χ1) is 12.2. The molecule has 2 aromatic rings. The molecule has 0 saturated carbocycles. The maximum absolute atomic E-state index is 12.9. The fourth-order valence-corrected chi connectivity index (χ4v) is 3.03. The average molecular weight is 340 g/mol. The van der Waals surface area contributed by atoms with Gasteiger partial charge in [-0.3, -0.25) is 9.89 Å². The highest BCUT2D eigenvalue weighted by Crippen LogP contribution is 2.20. The molecule has 6 heteroatoms. The second-order valence-corrected chi connectivity index (χ2v) is 6.30. The van der Waals surface area contributed by atoms with Crippen LogP contribution in [0, 0.1) is 0 Å².